The fourth-order valence-corrected chi connectivity index (χ4v) is 2.26. The van der Waals surface area contributed by atoms with Gasteiger partial charge in [-0.15, -0.1) is 0 Å². The van der Waals surface area contributed by atoms with E-state index in [9.17, 15) is 4.79 Å². The van der Waals surface area contributed by atoms with Crippen LogP contribution in [0.2, 0.25) is 0 Å². The summed E-state index contributed by atoms with van der Waals surface area (Å²) in [7, 11) is 1.95. The number of anilines is 2. The minimum absolute atomic E-state index is 0.650. The molecule has 2 aromatic rings. The van der Waals surface area contributed by atoms with Crippen LogP contribution in [0.3, 0.4) is 0 Å². The first kappa shape index (κ1) is 11.8. The van der Waals surface area contributed by atoms with Crippen LogP contribution in [0.5, 0.6) is 0 Å². The van der Waals surface area contributed by atoms with Gasteiger partial charge in [0.05, 0.1) is 11.1 Å². The van der Waals surface area contributed by atoms with E-state index in [0.717, 1.165) is 23.5 Å². The third kappa shape index (κ3) is 2.53. The molecule has 2 rings (SSSR count). The second kappa shape index (κ2) is 5.10. The zero-order valence-electron chi connectivity index (χ0n) is 9.88. The Labute approximate surface area is 105 Å². The maximum Gasteiger partial charge on any atom is 0.190 e. The molecule has 0 amide bonds. The standard InChI is InChI=1S/C13H14N2OS/c1-3-10-4-6-11(7-5-10)15(2)13-14-8-12(9-16)17-13/h4-9H,3H2,1-2H3. The molecule has 0 aliphatic rings. The van der Waals surface area contributed by atoms with Gasteiger partial charge in [0.2, 0.25) is 0 Å². The number of carbonyl (C=O) groups is 1. The Kier molecular flexibility index (Phi) is 3.54. The summed E-state index contributed by atoms with van der Waals surface area (Å²) in [4.78, 5) is 17.5. The monoisotopic (exact) mass is 246 g/mol. The maximum atomic E-state index is 10.6. The Morgan fingerprint density at radius 2 is 2.06 bits per heavy atom. The number of aldehydes is 1. The van der Waals surface area contributed by atoms with Crippen molar-refractivity contribution in [3.63, 3.8) is 0 Å². The highest BCUT2D eigenvalue weighted by atomic mass is 32.1. The minimum Gasteiger partial charge on any atom is -0.321 e. The van der Waals surface area contributed by atoms with Crippen LogP contribution in [0.4, 0.5) is 10.8 Å². The highest BCUT2D eigenvalue weighted by molar-refractivity contribution is 7.17. The quantitative estimate of drug-likeness (QED) is 0.776. The van der Waals surface area contributed by atoms with Gasteiger partial charge in [0.15, 0.2) is 11.4 Å². The lowest BCUT2D eigenvalue weighted by atomic mass is 10.1. The van der Waals surface area contributed by atoms with Crippen molar-refractivity contribution in [1.29, 1.82) is 0 Å². The molecule has 1 heterocycles. The van der Waals surface area contributed by atoms with E-state index in [4.69, 9.17) is 0 Å². The number of thiazole rings is 1. The molecule has 0 saturated carbocycles. The van der Waals surface area contributed by atoms with Crippen LogP contribution in [-0.4, -0.2) is 18.3 Å². The normalized spacial score (nSPS) is 10.2. The van der Waals surface area contributed by atoms with Gasteiger partial charge in [0.25, 0.3) is 0 Å². The number of nitrogens with zero attached hydrogens (tertiary/aromatic N) is 2. The molecule has 3 nitrogen and oxygen atoms in total. The van der Waals surface area contributed by atoms with Gasteiger partial charge in [-0.25, -0.2) is 4.98 Å². The van der Waals surface area contributed by atoms with Gasteiger partial charge in [0.1, 0.15) is 0 Å². The summed E-state index contributed by atoms with van der Waals surface area (Å²) in [6.07, 6.45) is 3.47. The maximum absolute atomic E-state index is 10.6. The lowest BCUT2D eigenvalue weighted by Gasteiger charge is -2.15. The smallest absolute Gasteiger partial charge is 0.190 e. The molecule has 1 aromatic carbocycles. The van der Waals surface area contributed by atoms with Crippen LogP contribution in [0.15, 0.2) is 30.5 Å². The summed E-state index contributed by atoms with van der Waals surface area (Å²) in [5.41, 5.74) is 2.39. The fourth-order valence-electron chi connectivity index (χ4n) is 1.55. The predicted octanol–water partition coefficient (Wildman–Crippen LogP) is 3.29. The van der Waals surface area contributed by atoms with Crippen LogP contribution in [-0.2, 0) is 6.42 Å². The first-order valence-corrected chi connectivity index (χ1v) is 6.30. The van der Waals surface area contributed by atoms with Gasteiger partial charge in [0, 0.05) is 12.7 Å². The van der Waals surface area contributed by atoms with E-state index >= 15 is 0 Å². The van der Waals surface area contributed by atoms with E-state index < -0.39 is 0 Å². The molecule has 0 radical (unpaired) electrons. The molecule has 0 aliphatic heterocycles. The molecule has 0 unspecified atom stereocenters. The van der Waals surface area contributed by atoms with Gasteiger partial charge in [-0.2, -0.15) is 0 Å². The Bertz CT molecular complexity index is 504. The predicted molar refractivity (Wildman–Crippen MR) is 71.4 cm³/mol. The number of aryl methyl sites for hydroxylation is 1. The zero-order valence-corrected chi connectivity index (χ0v) is 10.7. The van der Waals surface area contributed by atoms with E-state index in [-0.39, 0.29) is 0 Å². The van der Waals surface area contributed by atoms with Gasteiger partial charge >= 0.3 is 0 Å². The second-order valence-electron chi connectivity index (χ2n) is 3.74. The molecule has 0 aliphatic carbocycles. The number of carbonyl (C=O) groups excluding carboxylic acids is 1. The van der Waals surface area contributed by atoms with E-state index in [1.807, 2.05) is 11.9 Å². The molecule has 0 spiro atoms. The average Bonchev–Trinajstić information content (AvgIpc) is 2.87. The zero-order chi connectivity index (χ0) is 12.3. The van der Waals surface area contributed by atoms with Crippen LogP contribution >= 0.6 is 11.3 Å². The van der Waals surface area contributed by atoms with Crippen LogP contribution in [0.1, 0.15) is 22.2 Å². The van der Waals surface area contributed by atoms with E-state index in [0.29, 0.717) is 4.88 Å². The topological polar surface area (TPSA) is 33.2 Å². The highest BCUT2D eigenvalue weighted by Gasteiger charge is 2.08. The van der Waals surface area contributed by atoms with Crippen molar-refractivity contribution in [3.8, 4) is 0 Å². The van der Waals surface area contributed by atoms with E-state index in [1.165, 1.54) is 16.9 Å². The molecule has 0 bridgehead atoms. The molecule has 0 fully saturated rings. The Morgan fingerprint density at radius 3 is 2.59 bits per heavy atom. The number of hydrogen-bond acceptors (Lipinski definition) is 4. The molecule has 0 atom stereocenters. The second-order valence-corrected chi connectivity index (χ2v) is 4.78. The fraction of sp³-hybridized carbons (Fsp3) is 0.231. The molecule has 0 N–H and O–H groups in total. The number of benzene rings is 1. The SMILES string of the molecule is CCc1ccc(N(C)c2ncc(C=O)s2)cc1. The highest BCUT2D eigenvalue weighted by Crippen LogP contribution is 2.27. The molecular formula is C13H14N2OS. The number of rotatable bonds is 4. The summed E-state index contributed by atoms with van der Waals surface area (Å²) in [6.45, 7) is 2.13. The number of aromatic nitrogens is 1. The number of hydrogen-bond donors (Lipinski definition) is 0. The van der Waals surface area contributed by atoms with Gasteiger partial charge in [-0.1, -0.05) is 30.4 Å². The third-order valence-corrected chi connectivity index (χ3v) is 3.65. The first-order chi connectivity index (χ1) is 8.24. The van der Waals surface area contributed by atoms with Gasteiger partial charge < -0.3 is 4.90 Å². The third-order valence-electron chi connectivity index (χ3n) is 2.65. The van der Waals surface area contributed by atoms with Crippen molar-refractivity contribution in [2.45, 2.75) is 13.3 Å². The van der Waals surface area contributed by atoms with Crippen molar-refractivity contribution in [3.05, 3.63) is 40.9 Å². The minimum atomic E-state index is 0.650. The van der Waals surface area contributed by atoms with E-state index in [1.54, 1.807) is 6.20 Å². The molecular weight excluding hydrogens is 232 g/mol. The van der Waals surface area contributed by atoms with Gasteiger partial charge in [-0.3, -0.25) is 4.79 Å². The summed E-state index contributed by atoms with van der Waals surface area (Å²) in [5, 5.41) is 0.830. The lowest BCUT2D eigenvalue weighted by Crippen LogP contribution is -2.08. The van der Waals surface area contributed by atoms with Crippen LogP contribution in [0.25, 0.3) is 0 Å². The van der Waals surface area contributed by atoms with Gasteiger partial charge in [-0.05, 0) is 24.1 Å². The Morgan fingerprint density at radius 1 is 1.35 bits per heavy atom. The van der Waals surface area contributed by atoms with Crippen molar-refractivity contribution < 1.29 is 4.79 Å². The molecule has 88 valence electrons. The van der Waals surface area contributed by atoms with Crippen molar-refractivity contribution in [2.75, 3.05) is 11.9 Å². The average molecular weight is 246 g/mol. The summed E-state index contributed by atoms with van der Waals surface area (Å²) < 4.78 is 0. The largest absolute Gasteiger partial charge is 0.321 e. The first-order valence-electron chi connectivity index (χ1n) is 5.48. The molecule has 4 heteroatoms. The van der Waals surface area contributed by atoms with Crippen molar-refractivity contribution in [2.24, 2.45) is 0 Å². The van der Waals surface area contributed by atoms with Crippen molar-refractivity contribution >= 4 is 28.4 Å². The van der Waals surface area contributed by atoms with E-state index in [2.05, 4.69) is 36.2 Å². The summed E-state index contributed by atoms with van der Waals surface area (Å²) in [6, 6.07) is 8.36. The molecule has 1 aromatic heterocycles. The molecule has 17 heavy (non-hydrogen) atoms. The van der Waals surface area contributed by atoms with Crippen molar-refractivity contribution in [1.82, 2.24) is 4.98 Å². The molecule has 0 saturated heterocycles. The summed E-state index contributed by atoms with van der Waals surface area (Å²) >= 11 is 1.39. The van der Waals surface area contributed by atoms with Crippen LogP contribution < -0.4 is 4.90 Å². The Hall–Kier alpha value is -1.68. The van der Waals surface area contributed by atoms with Crippen LogP contribution in [0, 0.1) is 0 Å². The summed E-state index contributed by atoms with van der Waals surface area (Å²) in [5.74, 6) is 0. The lowest BCUT2D eigenvalue weighted by molar-refractivity contribution is 0.112. The Balaban J connectivity index is 2.23.